The first-order valence-corrected chi connectivity index (χ1v) is 13.0. The summed E-state index contributed by atoms with van der Waals surface area (Å²) in [7, 11) is -5.09. The molecular weight excluding hydrogens is 542 g/mol. The number of hydrogen-bond acceptors (Lipinski definition) is 5. The number of nitrogens with one attached hydrogen (secondary N) is 1. The van der Waals surface area contributed by atoms with Crippen molar-refractivity contribution in [2.24, 2.45) is 0 Å². The Bertz CT molecular complexity index is 1270. The van der Waals surface area contributed by atoms with Crippen LogP contribution in [0.15, 0.2) is 53.4 Å². The van der Waals surface area contributed by atoms with Gasteiger partial charge in [-0.15, -0.1) is 0 Å². The number of carbonyl (C=O) groups excluding carboxylic acids is 2. The third-order valence-corrected chi connectivity index (χ3v) is 7.81. The third kappa shape index (κ3) is 6.22. The minimum absolute atomic E-state index is 0.0396. The standard InChI is InChI=1S/C24H22F6N2O5S/c25-23(26,27)15-9-16(24(28,29)30)11-20(10-15)38(35,36)31-22(34)32-17-6-7-18(32)13-19(12-17)37-21(33)8-14-4-2-1-3-5-14/h1-5,9-11,17-19H,6-8,12-13H2,(H,31,34)/t17-,18+,19?. The molecule has 7 nitrogen and oxygen atoms in total. The molecule has 2 saturated heterocycles. The second-order valence-corrected chi connectivity index (χ2v) is 10.9. The van der Waals surface area contributed by atoms with Crippen LogP contribution in [0.4, 0.5) is 31.1 Å². The van der Waals surface area contributed by atoms with E-state index in [0.717, 1.165) is 5.56 Å². The summed E-state index contributed by atoms with van der Waals surface area (Å²) < 4.78 is 111. The fraction of sp³-hybridized carbons (Fsp3) is 0.417. The summed E-state index contributed by atoms with van der Waals surface area (Å²) in [6.07, 6.45) is -9.63. The lowest BCUT2D eigenvalue weighted by Gasteiger charge is -2.38. The maximum Gasteiger partial charge on any atom is 0.416 e. The Balaban J connectivity index is 1.46. The first-order valence-electron chi connectivity index (χ1n) is 11.5. The molecule has 2 fully saturated rings. The number of carbonyl (C=O) groups is 2. The van der Waals surface area contributed by atoms with Gasteiger partial charge < -0.3 is 9.64 Å². The van der Waals surface area contributed by atoms with Gasteiger partial charge >= 0.3 is 24.4 Å². The third-order valence-electron chi connectivity index (χ3n) is 6.51. The number of amides is 2. The Labute approximate surface area is 213 Å². The number of benzene rings is 2. The zero-order chi connectivity index (χ0) is 27.9. The molecular formula is C24H22F6N2O5S. The fourth-order valence-corrected chi connectivity index (χ4v) is 5.87. The monoisotopic (exact) mass is 564 g/mol. The van der Waals surface area contributed by atoms with Gasteiger partial charge in [-0.05, 0) is 36.6 Å². The quantitative estimate of drug-likeness (QED) is 0.412. The SMILES string of the molecule is O=C(Cc1ccccc1)OC1C[C@H]2CC[C@@H](C1)N2C(=O)NS(=O)(=O)c1cc(C(F)(F)F)cc(C(F)(F)F)c1. The average molecular weight is 565 g/mol. The first kappa shape index (κ1) is 27.7. The highest BCUT2D eigenvalue weighted by Crippen LogP contribution is 2.39. The van der Waals surface area contributed by atoms with Gasteiger partial charge in [0.2, 0.25) is 0 Å². The lowest BCUT2D eigenvalue weighted by atomic mass is 10.00. The normalized spacial score (nSPS) is 21.7. The van der Waals surface area contributed by atoms with E-state index >= 15 is 0 Å². The summed E-state index contributed by atoms with van der Waals surface area (Å²) in [6, 6.07) is 6.54. The molecule has 0 aromatic heterocycles. The highest BCUT2D eigenvalue weighted by atomic mass is 32.2. The van der Waals surface area contributed by atoms with Crippen molar-refractivity contribution in [1.82, 2.24) is 9.62 Å². The average Bonchev–Trinajstić information content (AvgIpc) is 3.08. The zero-order valence-corrected chi connectivity index (χ0v) is 20.4. The van der Waals surface area contributed by atoms with Crippen LogP contribution in [-0.4, -0.2) is 43.5 Å². The van der Waals surface area contributed by atoms with E-state index in [9.17, 15) is 44.3 Å². The molecule has 2 bridgehead atoms. The van der Waals surface area contributed by atoms with E-state index in [1.54, 1.807) is 35.1 Å². The van der Waals surface area contributed by atoms with E-state index in [4.69, 9.17) is 4.74 Å². The topological polar surface area (TPSA) is 92.8 Å². The second-order valence-electron chi connectivity index (χ2n) is 9.19. The highest BCUT2D eigenvalue weighted by molar-refractivity contribution is 7.90. The molecule has 0 aliphatic carbocycles. The molecule has 14 heteroatoms. The molecule has 2 amide bonds. The van der Waals surface area contributed by atoms with E-state index in [0.29, 0.717) is 12.8 Å². The number of sulfonamides is 1. The van der Waals surface area contributed by atoms with Crippen molar-refractivity contribution >= 4 is 22.0 Å². The number of piperidine rings is 1. The van der Waals surface area contributed by atoms with E-state index in [1.165, 1.54) is 4.90 Å². The van der Waals surface area contributed by atoms with E-state index in [2.05, 4.69) is 0 Å². The molecule has 206 valence electrons. The molecule has 2 aliphatic heterocycles. The van der Waals surface area contributed by atoms with Crippen molar-refractivity contribution in [2.45, 2.75) is 67.5 Å². The number of alkyl halides is 6. The van der Waals surface area contributed by atoms with Crippen LogP contribution in [0.1, 0.15) is 42.4 Å². The molecule has 4 rings (SSSR count). The second kappa shape index (κ2) is 10.1. The van der Waals surface area contributed by atoms with Crippen molar-refractivity contribution < 1.29 is 49.1 Å². The molecule has 1 unspecified atom stereocenters. The Hall–Kier alpha value is -3.29. The van der Waals surface area contributed by atoms with Crippen molar-refractivity contribution in [3.63, 3.8) is 0 Å². The molecule has 2 aromatic carbocycles. The molecule has 2 heterocycles. The predicted molar refractivity (Wildman–Crippen MR) is 120 cm³/mol. The van der Waals surface area contributed by atoms with Crippen LogP contribution in [0, 0.1) is 0 Å². The smallest absolute Gasteiger partial charge is 0.416 e. The Morgan fingerprint density at radius 1 is 0.895 bits per heavy atom. The molecule has 1 N–H and O–H groups in total. The Morgan fingerprint density at radius 2 is 1.42 bits per heavy atom. The number of halogens is 6. The summed E-state index contributed by atoms with van der Waals surface area (Å²) >= 11 is 0. The van der Waals surface area contributed by atoms with Gasteiger partial charge in [0.15, 0.2) is 0 Å². The summed E-state index contributed by atoms with van der Waals surface area (Å²) in [4.78, 5) is 25.0. The van der Waals surface area contributed by atoms with Crippen molar-refractivity contribution in [2.75, 3.05) is 0 Å². The number of hydrogen-bond donors (Lipinski definition) is 1. The number of fused-ring (bicyclic) bond motifs is 2. The number of urea groups is 1. The lowest BCUT2D eigenvalue weighted by Crippen LogP contribution is -2.53. The van der Waals surface area contributed by atoms with Gasteiger partial charge in [-0.25, -0.2) is 17.9 Å². The van der Waals surface area contributed by atoms with Crippen molar-refractivity contribution in [3.8, 4) is 0 Å². The summed E-state index contributed by atoms with van der Waals surface area (Å²) in [5.41, 5.74) is -2.89. The summed E-state index contributed by atoms with van der Waals surface area (Å²) in [5, 5.41) is 0. The molecule has 0 spiro atoms. The molecule has 0 saturated carbocycles. The van der Waals surface area contributed by atoms with Crippen LogP contribution in [0.2, 0.25) is 0 Å². The van der Waals surface area contributed by atoms with Gasteiger partial charge in [0.25, 0.3) is 10.0 Å². The molecule has 3 atom stereocenters. The number of nitrogens with zero attached hydrogens (tertiary/aromatic N) is 1. The molecule has 2 aromatic rings. The van der Waals surface area contributed by atoms with Crippen molar-refractivity contribution in [3.05, 3.63) is 65.2 Å². The maximum absolute atomic E-state index is 13.1. The zero-order valence-electron chi connectivity index (χ0n) is 19.6. The number of ether oxygens (including phenoxy) is 1. The van der Waals surface area contributed by atoms with Crippen molar-refractivity contribution in [1.29, 1.82) is 0 Å². The summed E-state index contributed by atoms with van der Waals surface area (Å²) in [6.45, 7) is 0. The van der Waals surface area contributed by atoms with Crippen LogP contribution < -0.4 is 4.72 Å². The lowest BCUT2D eigenvalue weighted by molar-refractivity contribution is -0.151. The van der Waals surface area contributed by atoms with Gasteiger partial charge in [-0.1, -0.05) is 30.3 Å². The van der Waals surface area contributed by atoms with Crippen LogP contribution in [0.5, 0.6) is 0 Å². The number of rotatable bonds is 5. The van der Waals surface area contributed by atoms with Crippen LogP contribution in [0.25, 0.3) is 0 Å². The van der Waals surface area contributed by atoms with Gasteiger partial charge in [-0.2, -0.15) is 26.3 Å². The number of esters is 1. The fourth-order valence-electron chi connectivity index (χ4n) is 4.85. The predicted octanol–water partition coefficient (Wildman–Crippen LogP) is 4.90. The van der Waals surface area contributed by atoms with Gasteiger partial charge in [-0.3, -0.25) is 4.79 Å². The maximum atomic E-state index is 13.1. The largest absolute Gasteiger partial charge is 0.462 e. The van der Waals surface area contributed by atoms with Gasteiger partial charge in [0, 0.05) is 24.9 Å². The minimum Gasteiger partial charge on any atom is -0.462 e. The minimum atomic E-state index is -5.26. The van der Waals surface area contributed by atoms with Gasteiger partial charge in [0.05, 0.1) is 22.4 Å². The van der Waals surface area contributed by atoms with E-state index < -0.39 is 68.6 Å². The van der Waals surface area contributed by atoms with Gasteiger partial charge in [0.1, 0.15) is 6.10 Å². The highest BCUT2D eigenvalue weighted by Gasteiger charge is 2.46. The van der Waals surface area contributed by atoms with Crippen LogP contribution in [-0.2, 0) is 38.3 Å². The van der Waals surface area contributed by atoms with E-state index in [-0.39, 0.29) is 37.5 Å². The Kier molecular flexibility index (Phi) is 7.38. The summed E-state index contributed by atoms with van der Waals surface area (Å²) in [5.74, 6) is -0.467. The molecule has 0 radical (unpaired) electrons. The van der Waals surface area contributed by atoms with E-state index in [1.807, 2.05) is 0 Å². The van der Waals surface area contributed by atoms with Crippen LogP contribution in [0.3, 0.4) is 0 Å². The first-order chi connectivity index (χ1) is 17.6. The molecule has 2 aliphatic rings. The Morgan fingerprint density at radius 3 is 1.92 bits per heavy atom. The van der Waals surface area contributed by atoms with Crippen LogP contribution >= 0.6 is 0 Å². The molecule has 38 heavy (non-hydrogen) atoms.